The third-order valence-electron chi connectivity index (χ3n) is 2.18. The standard InChI is InChI=1S/C14H13ClO2/c1-2-16-14-9-8-12(10-13(14)15)17-11-6-4-3-5-7-11/h3-10H,2H2,1H3. The molecular formula is C14H13ClO2. The molecule has 0 unspecified atom stereocenters. The van der Waals surface area contributed by atoms with Gasteiger partial charge in [0.2, 0.25) is 0 Å². The quantitative estimate of drug-likeness (QED) is 0.791. The summed E-state index contributed by atoms with van der Waals surface area (Å²) in [5.41, 5.74) is 0. The normalized spacial score (nSPS) is 10.0. The van der Waals surface area contributed by atoms with Crippen molar-refractivity contribution in [2.45, 2.75) is 6.92 Å². The van der Waals surface area contributed by atoms with Crippen LogP contribution in [-0.2, 0) is 0 Å². The van der Waals surface area contributed by atoms with Crippen LogP contribution in [-0.4, -0.2) is 6.61 Å². The lowest BCUT2D eigenvalue weighted by Gasteiger charge is -2.09. The molecule has 2 aromatic rings. The highest BCUT2D eigenvalue weighted by molar-refractivity contribution is 6.32. The first-order chi connectivity index (χ1) is 8.29. The number of ether oxygens (including phenoxy) is 2. The van der Waals surface area contributed by atoms with Crippen LogP contribution in [0.1, 0.15) is 6.92 Å². The third-order valence-corrected chi connectivity index (χ3v) is 2.48. The maximum absolute atomic E-state index is 6.07. The maximum atomic E-state index is 6.07. The monoisotopic (exact) mass is 248 g/mol. The molecule has 0 heterocycles. The molecule has 0 fully saturated rings. The lowest BCUT2D eigenvalue weighted by molar-refractivity contribution is 0.340. The van der Waals surface area contributed by atoms with E-state index in [0.717, 1.165) is 5.75 Å². The van der Waals surface area contributed by atoms with E-state index in [9.17, 15) is 0 Å². The summed E-state index contributed by atoms with van der Waals surface area (Å²) in [5, 5.41) is 0.556. The van der Waals surface area contributed by atoms with E-state index in [1.54, 1.807) is 6.07 Å². The molecule has 0 atom stereocenters. The Morgan fingerprint density at radius 2 is 1.76 bits per heavy atom. The number of benzene rings is 2. The van der Waals surface area contributed by atoms with Crippen molar-refractivity contribution in [3.63, 3.8) is 0 Å². The number of hydrogen-bond acceptors (Lipinski definition) is 2. The van der Waals surface area contributed by atoms with Gasteiger partial charge in [-0.2, -0.15) is 0 Å². The van der Waals surface area contributed by atoms with E-state index in [1.165, 1.54) is 0 Å². The number of para-hydroxylation sites is 1. The smallest absolute Gasteiger partial charge is 0.138 e. The molecule has 88 valence electrons. The molecule has 0 saturated carbocycles. The molecule has 0 radical (unpaired) electrons. The van der Waals surface area contributed by atoms with E-state index in [4.69, 9.17) is 21.1 Å². The van der Waals surface area contributed by atoms with Crippen molar-refractivity contribution < 1.29 is 9.47 Å². The topological polar surface area (TPSA) is 18.5 Å². The van der Waals surface area contributed by atoms with Crippen molar-refractivity contribution in [3.8, 4) is 17.2 Å². The summed E-state index contributed by atoms with van der Waals surface area (Å²) in [6.45, 7) is 2.52. The van der Waals surface area contributed by atoms with Crippen molar-refractivity contribution in [3.05, 3.63) is 53.6 Å². The number of halogens is 1. The lowest BCUT2D eigenvalue weighted by atomic mass is 10.3. The van der Waals surface area contributed by atoms with Crippen LogP contribution in [0.15, 0.2) is 48.5 Å². The van der Waals surface area contributed by atoms with E-state index in [2.05, 4.69) is 0 Å². The summed E-state index contributed by atoms with van der Waals surface area (Å²) in [4.78, 5) is 0. The summed E-state index contributed by atoms with van der Waals surface area (Å²) in [5.74, 6) is 2.16. The van der Waals surface area contributed by atoms with Gasteiger partial charge in [-0.15, -0.1) is 0 Å². The maximum Gasteiger partial charge on any atom is 0.138 e. The SMILES string of the molecule is CCOc1ccc(Oc2ccccc2)cc1Cl. The van der Waals surface area contributed by atoms with Gasteiger partial charge in [0, 0.05) is 6.07 Å². The van der Waals surface area contributed by atoms with E-state index in [0.29, 0.717) is 23.1 Å². The molecule has 0 N–H and O–H groups in total. The molecule has 0 aromatic heterocycles. The molecule has 3 heteroatoms. The fourth-order valence-corrected chi connectivity index (χ4v) is 1.67. The second-order valence-electron chi connectivity index (χ2n) is 3.44. The van der Waals surface area contributed by atoms with Crippen molar-refractivity contribution in [1.82, 2.24) is 0 Å². The van der Waals surface area contributed by atoms with E-state index < -0.39 is 0 Å². The van der Waals surface area contributed by atoms with Gasteiger partial charge in [-0.05, 0) is 31.2 Å². The van der Waals surface area contributed by atoms with Gasteiger partial charge in [-0.3, -0.25) is 0 Å². The fourth-order valence-electron chi connectivity index (χ4n) is 1.44. The highest BCUT2D eigenvalue weighted by Crippen LogP contribution is 2.31. The molecule has 0 aliphatic carbocycles. The van der Waals surface area contributed by atoms with Crippen LogP contribution in [0.4, 0.5) is 0 Å². The van der Waals surface area contributed by atoms with Crippen molar-refractivity contribution in [2.75, 3.05) is 6.61 Å². The Hall–Kier alpha value is -1.67. The van der Waals surface area contributed by atoms with Gasteiger partial charge in [0.1, 0.15) is 17.2 Å². The van der Waals surface area contributed by atoms with Crippen LogP contribution >= 0.6 is 11.6 Å². The zero-order chi connectivity index (χ0) is 12.1. The van der Waals surface area contributed by atoms with Gasteiger partial charge in [0.25, 0.3) is 0 Å². The van der Waals surface area contributed by atoms with Gasteiger partial charge in [-0.25, -0.2) is 0 Å². The molecule has 0 saturated heterocycles. The molecule has 17 heavy (non-hydrogen) atoms. The molecule has 2 aromatic carbocycles. The summed E-state index contributed by atoms with van der Waals surface area (Å²) < 4.78 is 11.0. The Morgan fingerprint density at radius 3 is 2.41 bits per heavy atom. The van der Waals surface area contributed by atoms with Crippen molar-refractivity contribution in [1.29, 1.82) is 0 Å². The molecular weight excluding hydrogens is 236 g/mol. The van der Waals surface area contributed by atoms with Crippen LogP contribution in [0.5, 0.6) is 17.2 Å². The van der Waals surface area contributed by atoms with Gasteiger partial charge in [0.15, 0.2) is 0 Å². The second-order valence-corrected chi connectivity index (χ2v) is 3.85. The first-order valence-electron chi connectivity index (χ1n) is 5.45. The minimum atomic E-state index is 0.556. The first-order valence-corrected chi connectivity index (χ1v) is 5.82. The Kier molecular flexibility index (Phi) is 3.89. The van der Waals surface area contributed by atoms with Crippen LogP contribution in [0.25, 0.3) is 0 Å². The lowest BCUT2D eigenvalue weighted by Crippen LogP contribution is -1.92. The third kappa shape index (κ3) is 3.14. The van der Waals surface area contributed by atoms with Crippen LogP contribution in [0.3, 0.4) is 0 Å². The predicted molar refractivity (Wildman–Crippen MR) is 69.1 cm³/mol. The summed E-state index contributed by atoms with van der Waals surface area (Å²) >= 11 is 6.07. The first kappa shape index (κ1) is 11.8. The van der Waals surface area contributed by atoms with Crippen LogP contribution in [0, 0.1) is 0 Å². The largest absolute Gasteiger partial charge is 0.492 e. The van der Waals surface area contributed by atoms with Gasteiger partial charge < -0.3 is 9.47 Å². The summed E-state index contributed by atoms with van der Waals surface area (Å²) in [6.07, 6.45) is 0. The van der Waals surface area contributed by atoms with Gasteiger partial charge in [-0.1, -0.05) is 29.8 Å². The summed E-state index contributed by atoms with van der Waals surface area (Å²) in [6, 6.07) is 15.0. The molecule has 0 amide bonds. The fraction of sp³-hybridized carbons (Fsp3) is 0.143. The van der Waals surface area contributed by atoms with Crippen molar-refractivity contribution in [2.24, 2.45) is 0 Å². The Balaban J connectivity index is 2.15. The van der Waals surface area contributed by atoms with Crippen LogP contribution in [0.2, 0.25) is 5.02 Å². The second kappa shape index (κ2) is 5.60. The van der Waals surface area contributed by atoms with Gasteiger partial charge >= 0.3 is 0 Å². The number of hydrogen-bond donors (Lipinski definition) is 0. The van der Waals surface area contributed by atoms with Gasteiger partial charge in [0.05, 0.1) is 11.6 Å². The van der Waals surface area contributed by atoms with E-state index in [1.807, 2.05) is 49.4 Å². The van der Waals surface area contributed by atoms with E-state index >= 15 is 0 Å². The average Bonchev–Trinajstić information content (AvgIpc) is 2.34. The molecule has 2 rings (SSSR count). The van der Waals surface area contributed by atoms with Crippen LogP contribution < -0.4 is 9.47 Å². The Bertz CT molecular complexity index is 483. The molecule has 0 spiro atoms. The molecule has 0 bridgehead atoms. The minimum absolute atomic E-state index is 0.556. The minimum Gasteiger partial charge on any atom is -0.492 e. The zero-order valence-electron chi connectivity index (χ0n) is 9.52. The molecule has 0 aliphatic heterocycles. The summed E-state index contributed by atoms with van der Waals surface area (Å²) in [7, 11) is 0. The number of rotatable bonds is 4. The highest BCUT2D eigenvalue weighted by atomic mass is 35.5. The van der Waals surface area contributed by atoms with E-state index in [-0.39, 0.29) is 0 Å². The molecule has 2 nitrogen and oxygen atoms in total. The Labute approximate surface area is 106 Å². The average molecular weight is 249 g/mol. The molecule has 0 aliphatic rings. The predicted octanol–water partition coefficient (Wildman–Crippen LogP) is 4.53. The van der Waals surface area contributed by atoms with Crippen molar-refractivity contribution >= 4 is 11.6 Å². The highest BCUT2D eigenvalue weighted by Gasteiger charge is 2.03. The zero-order valence-corrected chi connectivity index (χ0v) is 10.3. The Morgan fingerprint density at radius 1 is 1.00 bits per heavy atom.